The number of ether oxygens (including phenoxy) is 1. The normalized spacial score (nSPS) is 18.4. The van der Waals surface area contributed by atoms with Gasteiger partial charge in [0.25, 0.3) is 0 Å². The van der Waals surface area contributed by atoms with Crippen LogP contribution in [0.2, 0.25) is 0 Å². The van der Waals surface area contributed by atoms with Crippen LogP contribution in [0.4, 0.5) is 5.13 Å². The van der Waals surface area contributed by atoms with Crippen molar-refractivity contribution in [1.82, 2.24) is 9.29 Å². The van der Waals surface area contributed by atoms with E-state index in [9.17, 15) is 13.2 Å². The molecule has 9 heteroatoms. The van der Waals surface area contributed by atoms with Gasteiger partial charge in [-0.15, -0.1) is 11.3 Å². The first kappa shape index (κ1) is 18.8. The van der Waals surface area contributed by atoms with E-state index in [1.54, 1.807) is 23.7 Å². The van der Waals surface area contributed by atoms with E-state index in [4.69, 9.17) is 4.74 Å². The average Bonchev–Trinajstić information content (AvgIpc) is 3.15. The minimum atomic E-state index is -3.66. The highest BCUT2D eigenvalue weighted by Crippen LogP contribution is 2.28. The maximum atomic E-state index is 13.0. The Hall–Kier alpha value is -1.97. The molecule has 1 atom stereocenters. The Morgan fingerprint density at radius 2 is 2.12 bits per heavy atom. The molecule has 0 bridgehead atoms. The van der Waals surface area contributed by atoms with Crippen molar-refractivity contribution in [2.45, 2.75) is 36.6 Å². The number of hydrogen-bond donors (Lipinski definition) is 1. The maximum Gasteiger partial charge on any atom is 0.243 e. The van der Waals surface area contributed by atoms with Crippen LogP contribution in [0.5, 0.6) is 5.75 Å². The molecule has 0 saturated carbocycles. The number of nitrogens with one attached hydrogen (secondary N) is 1. The number of sulfonamides is 1. The zero-order valence-corrected chi connectivity index (χ0v) is 16.1. The number of hydrogen-bond acceptors (Lipinski definition) is 6. The van der Waals surface area contributed by atoms with Gasteiger partial charge >= 0.3 is 0 Å². The molecule has 0 spiro atoms. The van der Waals surface area contributed by atoms with Gasteiger partial charge in [-0.25, -0.2) is 13.4 Å². The van der Waals surface area contributed by atoms with Gasteiger partial charge in [-0.1, -0.05) is 6.42 Å². The molecule has 1 amide bonds. The number of anilines is 1. The molecule has 0 radical (unpaired) electrons. The van der Waals surface area contributed by atoms with Crippen LogP contribution >= 0.6 is 11.3 Å². The predicted molar refractivity (Wildman–Crippen MR) is 99.9 cm³/mol. The fraction of sp³-hybridized carbons (Fsp3) is 0.412. The Kier molecular flexibility index (Phi) is 5.90. The van der Waals surface area contributed by atoms with Crippen molar-refractivity contribution < 1.29 is 17.9 Å². The van der Waals surface area contributed by atoms with Crippen LogP contribution in [0.15, 0.2) is 40.7 Å². The number of rotatable bonds is 6. The second kappa shape index (κ2) is 8.15. The number of carbonyl (C=O) groups excluding carboxylic acids is 1. The summed E-state index contributed by atoms with van der Waals surface area (Å²) in [5, 5.41) is 5.02. The number of methoxy groups -OCH3 is 1. The first-order valence-corrected chi connectivity index (χ1v) is 10.7. The zero-order valence-electron chi connectivity index (χ0n) is 14.4. The van der Waals surface area contributed by atoms with Crippen molar-refractivity contribution in [3.05, 3.63) is 35.8 Å². The highest BCUT2D eigenvalue weighted by Gasteiger charge is 2.34. The van der Waals surface area contributed by atoms with E-state index in [-0.39, 0.29) is 23.3 Å². The van der Waals surface area contributed by atoms with Crippen molar-refractivity contribution in [3.8, 4) is 5.75 Å². The molecular formula is C17H21N3O4S2. The Labute approximate surface area is 157 Å². The summed E-state index contributed by atoms with van der Waals surface area (Å²) >= 11 is 1.33. The third-order valence-corrected chi connectivity index (χ3v) is 6.99. The van der Waals surface area contributed by atoms with E-state index in [1.165, 1.54) is 34.9 Å². The first-order chi connectivity index (χ1) is 12.5. The summed E-state index contributed by atoms with van der Waals surface area (Å²) in [5.74, 6) is 0.378. The van der Waals surface area contributed by atoms with Crippen LogP contribution in [0.3, 0.4) is 0 Å². The van der Waals surface area contributed by atoms with Crippen LogP contribution in [0, 0.1) is 0 Å². The Morgan fingerprint density at radius 1 is 1.35 bits per heavy atom. The first-order valence-electron chi connectivity index (χ1n) is 8.36. The largest absolute Gasteiger partial charge is 0.497 e. The molecule has 2 heterocycles. The molecule has 1 aromatic carbocycles. The monoisotopic (exact) mass is 395 g/mol. The predicted octanol–water partition coefficient (Wildman–Crippen LogP) is 2.72. The van der Waals surface area contributed by atoms with Gasteiger partial charge in [-0.3, -0.25) is 4.79 Å². The topological polar surface area (TPSA) is 88.6 Å². The standard InChI is InChI=1S/C17H21N3O4S2/c1-24-14-5-7-15(8-6-14)26(22,23)20-10-3-2-4-13(20)12-16(21)19-17-18-9-11-25-17/h5-9,11,13H,2-4,10,12H2,1H3,(H,18,19,21)/t13-/m1/s1. The summed E-state index contributed by atoms with van der Waals surface area (Å²) in [6, 6.07) is 5.98. The number of aromatic nitrogens is 1. The zero-order chi connectivity index (χ0) is 18.6. The van der Waals surface area contributed by atoms with Gasteiger partial charge < -0.3 is 10.1 Å². The second-order valence-electron chi connectivity index (χ2n) is 6.03. The Balaban J connectivity index is 1.75. The minimum absolute atomic E-state index is 0.120. The summed E-state index contributed by atoms with van der Waals surface area (Å²) in [5.41, 5.74) is 0. The molecule has 3 rings (SSSR count). The third kappa shape index (κ3) is 4.22. The molecule has 2 aromatic rings. The quantitative estimate of drug-likeness (QED) is 0.812. The van der Waals surface area contributed by atoms with Crippen molar-refractivity contribution in [3.63, 3.8) is 0 Å². The minimum Gasteiger partial charge on any atom is -0.497 e. The number of piperidine rings is 1. The van der Waals surface area contributed by atoms with E-state index in [1.807, 2.05) is 0 Å². The molecule has 0 aliphatic carbocycles. The SMILES string of the molecule is COc1ccc(S(=O)(=O)N2CCCC[C@@H]2CC(=O)Nc2nccs2)cc1. The lowest BCUT2D eigenvalue weighted by atomic mass is 10.0. The molecule has 140 valence electrons. The van der Waals surface area contributed by atoms with Gasteiger partial charge in [0.1, 0.15) is 5.75 Å². The molecule has 1 N–H and O–H groups in total. The fourth-order valence-corrected chi connectivity index (χ4v) is 5.28. The van der Waals surface area contributed by atoms with Gasteiger partial charge in [-0.2, -0.15) is 4.31 Å². The summed E-state index contributed by atoms with van der Waals surface area (Å²) < 4.78 is 32.6. The molecule has 1 fully saturated rings. The van der Waals surface area contributed by atoms with E-state index < -0.39 is 10.0 Å². The average molecular weight is 396 g/mol. The smallest absolute Gasteiger partial charge is 0.243 e. The number of carbonyl (C=O) groups is 1. The van der Waals surface area contributed by atoms with Crippen LogP contribution in [-0.4, -0.2) is 43.3 Å². The number of amides is 1. The number of nitrogens with zero attached hydrogens (tertiary/aromatic N) is 2. The summed E-state index contributed by atoms with van der Waals surface area (Å²) in [6.07, 6.45) is 4.10. The van der Waals surface area contributed by atoms with Gasteiger partial charge in [0.15, 0.2) is 5.13 Å². The van der Waals surface area contributed by atoms with E-state index >= 15 is 0 Å². The second-order valence-corrected chi connectivity index (χ2v) is 8.82. The van der Waals surface area contributed by atoms with Gasteiger partial charge in [0, 0.05) is 30.6 Å². The molecule has 1 aliphatic rings. The van der Waals surface area contributed by atoms with E-state index in [0.29, 0.717) is 23.8 Å². The fourth-order valence-electron chi connectivity index (χ4n) is 3.05. The molecule has 26 heavy (non-hydrogen) atoms. The van der Waals surface area contributed by atoms with E-state index in [2.05, 4.69) is 10.3 Å². The number of thiazole rings is 1. The van der Waals surface area contributed by atoms with E-state index in [0.717, 1.165) is 12.8 Å². The maximum absolute atomic E-state index is 13.0. The molecule has 1 aromatic heterocycles. The van der Waals surface area contributed by atoms with Crippen LogP contribution in [-0.2, 0) is 14.8 Å². The van der Waals surface area contributed by atoms with Crippen molar-refractivity contribution in [1.29, 1.82) is 0 Å². The molecule has 7 nitrogen and oxygen atoms in total. The molecule has 1 saturated heterocycles. The van der Waals surface area contributed by atoms with Gasteiger partial charge in [-0.05, 0) is 37.1 Å². The third-order valence-electron chi connectivity index (χ3n) is 4.34. The highest BCUT2D eigenvalue weighted by atomic mass is 32.2. The molecule has 1 aliphatic heterocycles. The summed E-state index contributed by atoms with van der Waals surface area (Å²) in [7, 11) is -2.13. The van der Waals surface area contributed by atoms with Gasteiger partial charge in [0.2, 0.25) is 15.9 Å². The number of benzene rings is 1. The van der Waals surface area contributed by atoms with Crippen molar-refractivity contribution in [2.24, 2.45) is 0 Å². The van der Waals surface area contributed by atoms with Crippen molar-refractivity contribution in [2.75, 3.05) is 19.0 Å². The van der Waals surface area contributed by atoms with Gasteiger partial charge in [0.05, 0.1) is 12.0 Å². The molecule has 0 unspecified atom stereocenters. The van der Waals surface area contributed by atoms with Crippen LogP contribution in [0.25, 0.3) is 0 Å². The Bertz CT molecular complexity index is 835. The Morgan fingerprint density at radius 3 is 2.77 bits per heavy atom. The lowest BCUT2D eigenvalue weighted by molar-refractivity contribution is -0.117. The van der Waals surface area contributed by atoms with Crippen molar-refractivity contribution >= 4 is 32.4 Å². The lowest BCUT2D eigenvalue weighted by Crippen LogP contribution is -2.45. The highest BCUT2D eigenvalue weighted by molar-refractivity contribution is 7.89. The summed E-state index contributed by atoms with van der Waals surface area (Å²) in [4.78, 5) is 16.5. The lowest BCUT2D eigenvalue weighted by Gasteiger charge is -2.34. The van der Waals surface area contributed by atoms with Crippen LogP contribution in [0.1, 0.15) is 25.7 Å². The summed E-state index contributed by atoms with van der Waals surface area (Å²) in [6.45, 7) is 0.420. The molecular weight excluding hydrogens is 374 g/mol. The van der Waals surface area contributed by atoms with Crippen LogP contribution < -0.4 is 10.1 Å².